The monoisotopic (exact) mass is 398 g/mol. The van der Waals surface area contributed by atoms with Gasteiger partial charge in [0.1, 0.15) is 5.75 Å². The third-order valence-corrected chi connectivity index (χ3v) is 5.71. The van der Waals surface area contributed by atoms with Gasteiger partial charge in [-0.05, 0) is 68.2 Å². The zero-order valence-electron chi connectivity index (χ0n) is 17.1. The minimum Gasteiger partial charge on any atom is -0.493 e. The first-order valence-electron chi connectivity index (χ1n) is 10.7. The average Bonchev–Trinajstić information content (AvgIpc) is 3.49. The Morgan fingerprint density at radius 1 is 0.967 bits per heavy atom. The lowest BCUT2D eigenvalue weighted by Gasteiger charge is -2.14. The van der Waals surface area contributed by atoms with Crippen LogP contribution in [0.5, 0.6) is 5.75 Å². The fraction of sp³-hybridized carbons (Fsp3) is 0.280. The Morgan fingerprint density at radius 2 is 1.83 bits per heavy atom. The normalized spacial score (nSPS) is 14.4. The van der Waals surface area contributed by atoms with Crippen LogP contribution in [0.25, 0.3) is 27.7 Å². The Balaban J connectivity index is 1.31. The van der Waals surface area contributed by atoms with Crippen molar-refractivity contribution in [3.63, 3.8) is 0 Å². The van der Waals surface area contributed by atoms with Crippen LogP contribution in [0.4, 0.5) is 0 Å². The molecule has 1 aliphatic heterocycles. The molecule has 152 valence electrons. The van der Waals surface area contributed by atoms with E-state index in [2.05, 4.69) is 39.4 Å². The largest absolute Gasteiger partial charge is 0.493 e. The molecule has 5 nitrogen and oxygen atoms in total. The van der Waals surface area contributed by atoms with Crippen LogP contribution in [-0.4, -0.2) is 45.9 Å². The molecule has 0 spiro atoms. The molecule has 1 aliphatic rings. The number of aromatic nitrogens is 3. The van der Waals surface area contributed by atoms with E-state index in [0.29, 0.717) is 0 Å². The summed E-state index contributed by atoms with van der Waals surface area (Å²) in [7, 11) is 0. The van der Waals surface area contributed by atoms with E-state index < -0.39 is 0 Å². The first kappa shape index (κ1) is 18.8. The zero-order valence-corrected chi connectivity index (χ0v) is 17.1. The molecule has 0 aliphatic carbocycles. The van der Waals surface area contributed by atoms with E-state index in [-0.39, 0.29) is 0 Å². The first-order valence-corrected chi connectivity index (χ1v) is 10.7. The third-order valence-electron chi connectivity index (χ3n) is 5.71. The zero-order chi connectivity index (χ0) is 20.2. The number of ether oxygens (including phenoxy) is 1. The number of fused-ring (bicyclic) bond motifs is 1. The maximum absolute atomic E-state index is 6.00. The Hall–Kier alpha value is -3.18. The standard InChI is InChI=1S/C25H26N4O/c1-2-7-21(8-3-1)29-19-20(18-27-29)23-11-12-26-25-17-22(9-10-24(23)25)30-16-6-15-28-13-4-5-14-28/h1-3,7-12,17-19H,4-6,13-16H2. The van der Waals surface area contributed by atoms with Crippen molar-refractivity contribution in [3.8, 4) is 22.6 Å². The molecule has 1 saturated heterocycles. The van der Waals surface area contributed by atoms with Crippen molar-refractivity contribution >= 4 is 10.9 Å². The molecular formula is C25H26N4O. The second kappa shape index (κ2) is 8.67. The second-order valence-electron chi connectivity index (χ2n) is 7.80. The summed E-state index contributed by atoms with van der Waals surface area (Å²) >= 11 is 0. The summed E-state index contributed by atoms with van der Waals surface area (Å²) in [5.74, 6) is 0.883. The van der Waals surface area contributed by atoms with Crippen LogP contribution in [0.2, 0.25) is 0 Å². The molecule has 2 aromatic heterocycles. The van der Waals surface area contributed by atoms with Crippen molar-refractivity contribution in [3.05, 3.63) is 73.2 Å². The van der Waals surface area contributed by atoms with Gasteiger partial charge in [0.2, 0.25) is 0 Å². The molecule has 0 radical (unpaired) electrons. The Labute approximate surface area is 176 Å². The molecule has 0 unspecified atom stereocenters. The summed E-state index contributed by atoms with van der Waals surface area (Å²) in [5.41, 5.74) is 4.19. The minimum absolute atomic E-state index is 0.742. The lowest BCUT2D eigenvalue weighted by atomic mass is 10.0. The van der Waals surface area contributed by atoms with Crippen molar-refractivity contribution in [2.24, 2.45) is 0 Å². The molecule has 2 aromatic carbocycles. The molecule has 4 aromatic rings. The van der Waals surface area contributed by atoms with Gasteiger partial charge in [0.15, 0.2) is 0 Å². The summed E-state index contributed by atoms with van der Waals surface area (Å²) in [4.78, 5) is 7.09. The molecule has 0 atom stereocenters. The van der Waals surface area contributed by atoms with Gasteiger partial charge in [-0.25, -0.2) is 4.68 Å². The van der Waals surface area contributed by atoms with E-state index in [1.165, 1.54) is 25.9 Å². The molecule has 1 fully saturated rings. The number of pyridine rings is 1. The Kier molecular flexibility index (Phi) is 5.44. The van der Waals surface area contributed by atoms with Crippen molar-refractivity contribution in [1.29, 1.82) is 0 Å². The topological polar surface area (TPSA) is 43.2 Å². The molecule has 0 bridgehead atoms. The lowest BCUT2D eigenvalue weighted by molar-refractivity contribution is 0.263. The smallest absolute Gasteiger partial charge is 0.121 e. The second-order valence-corrected chi connectivity index (χ2v) is 7.80. The Morgan fingerprint density at radius 3 is 2.70 bits per heavy atom. The SMILES string of the molecule is c1ccc(-n2cc(-c3ccnc4cc(OCCCN5CCCC5)ccc34)cn2)cc1. The van der Waals surface area contributed by atoms with Crippen LogP contribution in [0.3, 0.4) is 0 Å². The summed E-state index contributed by atoms with van der Waals surface area (Å²) in [6.45, 7) is 4.35. The van der Waals surface area contributed by atoms with Gasteiger partial charge in [-0.3, -0.25) is 4.98 Å². The predicted molar refractivity (Wildman–Crippen MR) is 120 cm³/mol. The van der Waals surface area contributed by atoms with E-state index >= 15 is 0 Å². The van der Waals surface area contributed by atoms with E-state index in [9.17, 15) is 0 Å². The lowest BCUT2D eigenvalue weighted by Crippen LogP contribution is -2.21. The van der Waals surface area contributed by atoms with Gasteiger partial charge in [0, 0.05) is 36.0 Å². The minimum atomic E-state index is 0.742. The fourth-order valence-electron chi connectivity index (χ4n) is 4.14. The van der Waals surface area contributed by atoms with Crippen molar-refractivity contribution in [1.82, 2.24) is 19.7 Å². The molecule has 0 amide bonds. The third kappa shape index (κ3) is 4.07. The number of hydrogen-bond donors (Lipinski definition) is 0. The number of benzene rings is 2. The van der Waals surface area contributed by atoms with Crippen LogP contribution in [-0.2, 0) is 0 Å². The van der Waals surface area contributed by atoms with Crippen LogP contribution >= 0.6 is 0 Å². The van der Waals surface area contributed by atoms with Gasteiger partial charge in [-0.2, -0.15) is 5.10 Å². The van der Waals surface area contributed by atoms with Gasteiger partial charge < -0.3 is 9.64 Å². The summed E-state index contributed by atoms with van der Waals surface area (Å²) in [5, 5.41) is 5.64. The number of hydrogen-bond acceptors (Lipinski definition) is 4. The average molecular weight is 399 g/mol. The number of nitrogens with zero attached hydrogens (tertiary/aromatic N) is 4. The molecule has 0 saturated carbocycles. The highest BCUT2D eigenvalue weighted by Crippen LogP contribution is 2.30. The molecule has 5 rings (SSSR count). The van der Waals surface area contributed by atoms with Crippen molar-refractivity contribution < 1.29 is 4.74 Å². The van der Waals surface area contributed by atoms with Gasteiger partial charge in [0.05, 0.1) is 24.0 Å². The Bertz CT molecular complexity index is 1120. The summed E-state index contributed by atoms with van der Waals surface area (Å²) in [6.07, 6.45) is 9.56. The highest BCUT2D eigenvalue weighted by Gasteiger charge is 2.11. The van der Waals surface area contributed by atoms with Gasteiger partial charge >= 0.3 is 0 Å². The number of rotatable bonds is 7. The van der Waals surface area contributed by atoms with Crippen LogP contribution in [0.15, 0.2) is 73.2 Å². The number of likely N-dealkylation sites (tertiary alicyclic amines) is 1. The maximum Gasteiger partial charge on any atom is 0.121 e. The van der Waals surface area contributed by atoms with E-state index in [0.717, 1.165) is 53.0 Å². The molecular weight excluding hydrogens is 372 g/mol. The molecule has 3 heterocycles. The highest BCUT2D eigenvalue weighted by molar-refractivity contribution is 5.94. The summed E-state index contributed by atoms with van der Waals surface area (Å²) < 4.78 is 7.90. The number of para-hydroxylation sites is 1. The molecule has 0 N–H and O–H groups in total. The molecule has 30 heavy (non-hydrogen) atoms. The van der Waals surface area contributed by atoms with E-state index in [1.54, 1.807) is 0 Å². The van der Waals surface area contributed by atoms with Crippen LogP contribution < -0.4 is 4.74 Å². The summed E-state index contributed by atoms with van der Waals surface area (Å²) in [6, 6.07) is 18.4. The first-order chi connectivity index (χ1) is 14.9. The van der Waals surface area contributed by atoms with Gasteiger partial charge in [-0.15, -0.1) is 0 Å². The molecule has 5 heteroatoms. The van der Waals surface area contributed by atoms with E-state index in [1.807, 2.05) is 53.5 Å². The van der Waals surface area contributed by atoms with Crippen LogP contribution in [0, 0.1) is 0 Å². The fourth-order valence-corrected chi connectivity index (χ4v) is 4.14. The van der Waals surface area contributed by atoms with Gasteiger partial charge in [-0.1, -0.05) is 18.2 Å². The maximum atomic E-state index is 6.00. The van der Waals surface area contributed by atoms with E-state index in [4.69, 9.17) is 4.74 Å². The van der Waals surface area contributed by atoms with Crippen molar-refractivity contribution in [2.45, 2.75) is 19.3 Å². The van der Waals surface area contributed by atoms with Crippen molar-refractivity contribution in [2.75, 3.05) is 26.2 Å². The predicted octanol–water partition coefficient (Wildman–Crippen LogP) is 4.95. The highest BCUT2D eigenvalue weighted by atomic mass is 16.5. The quantitative estimate of drug-likeness (QED) is 0.413. The van der Waals surface area contributed by atoms with Crippen LogP contribution in [0.1, 0.15) is 19.3 Å². The van der Waals surface area contributed by atoms with Gasteiger partial charge in [0.25, 0.3) is 0 Å².